The van der Waals surface area contributed by atoms with Crippen LogP contribution in [0, 0.1) is 0 Å². The minimum atomic E-state index is 0.436. The minimum Gasteiger partial charge on any atom is -0.305 e. The number of rotatable bonds is 7. The van der Waals surface area contributed by atoms with Crippen molar-refractivity contribution in [2.45, 2.75) is 0 Å². The molecule has 0 amide bonds. The van der Waals surface area contributed by atoms with E-state index in [0.29, 0.717) is 17.6 Å². The summed E-state index contributed by atoms with van der Waals surface area (Å²) in [6, 6.07) is 72.6. The number of nitrogens with zero attached hydrogens (tertiary/aromatic N) is 12. The molecule has 8 aromatic carbocycles. The maximum Gasteiger partial charge on any atom is 0.238 e. The van der Waals surface area contributed by atoms with Gasteiger partial charge >= 0.3 is 0 Å². The van der Waals surface area contributed by atoms with Crippen LogP contribution in [-0.2, 0) is 0 Å². The van der Waals surface area contributed by atoms with Crippen LogP contribution in [-0.4, -0.2) is 57.7 Å². The second-order valence-corrected chi connectivity index (χ2v) is 21.0. The number of hydrogen-bond donors (Lipinski definition) is 0. The van der Waals surface area contributed by atoms with E-state index in [1.54, 1.807) is 0 Å². The van der Waals surface area contributed by atoms with Crippen LogP contribution in [0.3, 0.4) is 0 Å². The van der Waals surface area contributed by atoms with Gasteiger partial charge in [-0.1, -0.05) is 140 Å². The molecule has 0 aliphatic heterocycles. The Hall–Kier alpha value is -11.6. The lowest BCUT2D eigenvalue weighted by Gasteiger charge is -2.27. The second kappa shape index (κ2) is 17.4. The molecule has 83 heavy (non-hydrogen) atoms. The van der Waals surface area contributed by atoms with Crippen LogP contribution in [0.5, 0.6) is 0 Å². The first kappa shape index (κ1) is 45.3. The lowest BCUT2D eigenvalue weighted by atomic mass is 10.0. The van der Waals surface area contributed by atoms with E-state index in [2.05, 4.69) is 211 Å². The fourth-order valence-electron chi connectivity index (χ4n) is 13.3. The quantitative estimate of drug-likeness (QED) is 0.156. The van der Waals surface area contributed by atoms with Gasteiger partial charge in [-0.2, -0.15) is 9.97 Å². The first-order valence-corrected chi connectivity index (χ1v) is 27.6. The molecule has 0 spiro atoms. The summed E-state index contributed by atoms with van der Waals surface area (Å²) in [6.07, 6.45) is 15.5. The maximum atomic E-state index is 5.97. The Labute approximate surface area is 471 Å². The van der Waals surface area contributed by atoms with Crippen molar-refractivity contribution in [3.8, 4) is 51.5 Å². The summed E-state index contributed by atoms with van der Waals surface area (Å²) in [4.78, 5) is 37.0. The summed E-state index contributed by atoms with van der Waals surface area (Å²) in [5.41, 5.74) is 14.4. The highest BCUT2D eigenvalue weighted by Gasteiger charge is 2.33. The Kier molecular flexibility index (Phi) is 9.51. The summed E-state index contributed by atoms with van der Waals surface area (Å²) in [7, 11) is 0. The number of aromatic nitrogens is 12. The van der Waals surface area contributed by atoms with Crippen LogP contribution in [0.2, 0.25) is 0 Å². The van der Waals surface area contributed by atoms with Crippen LogP contribution in [0.1, 0.15) is 0 Å². The van der Waals surface area contributed by atoms with Gasteiger partial charge in [-0.05, 0) is 66.7 Å². The summed E-state index contributed by atoms with van der Waals surface area (Å²) in [5, 5.41) is 10.7. The predicted octanol–water partition coefficient (Wildman–Crippen LogP) is 16.3. The maximum absolute atomic E-state index is 5.97. The Balaban J connectivity index is 1.16. The Morgan fingerprint density at radius 1 is 0.241 bits per heavy atom. The molecule has 18 rings (SSSR count). The van der Waals surface area contributed by atoms with E-state index < -0.39 is 0 Å². The molecule has 10 heterocycles. The normalized spacial score (nSPS) is 12.1. The molecule has 0 bridgehead atoms. The van der Waals surface area contributed by atoms with Crippen molar-refractivity contribution in [1.82, 2.24) is 57.7 Å². The van der Waals surface area contributed by atoms with Crippen LogP contribution in [0.15, 0.2) is 256 Å². The van der Waals surface area contributed by atoms with E-state index in [1.807, 2.05) is 67.8 Å². The monoisotopic (exact) mass is 1060 g/mol. The van der Waals surface area contributed by atoms with E-state index in [1.165, 1.54) is 0 Å². The number of benzene rings is 8. The summed E-state index contributed by atoms with van der Waals surface area (Å²) < 4.78 is 11.7. The molecule has 0 aliphatic carbocycles. The molecule has 0 saturated heterocycles. The molecular formula is C71H42N12. The van der Waals surface area contributed by atoms with E-state index in [-0.39, 0.29) is 0 Å². The third kappa shape index (κ3) is 6.42. The Morgan fingerprint density at radius 2 is 0.542 bits per heavy atom. The summed E-state index contributed by atoms with van der Waals surface area (Å²) in [6.45, 7) is 0. The van der Waals surface area contributed by atoms with Gasteiger partial charge in [0.05, 0.1) is 108 Å². The highest BCUT2D eigenvalue weighted by atomic mass is 15.2. The highest BCUT2D eigenvalue weighted by molar-refractivity contribution is 6.16. The first-order valence-electron chi connectivity index (χ1n) is 27.6. The van der Waals surface area contributed by atoms with Crippen LogP contribution in [0.4, 0.5) is 0 Å². The highest BCUT2D eigenvalue weighted by Crippen LogP contribution is 2.50. The largest absolute Gasteiger partial charge is 0.305 e. The zero-order valence-electron chi connectivity index (χ0n) is 44.1. The lowest BCUT2D eigenvalue weighted by molar-refractivity contribution is 0.946. The smallest absolute Gasteiger partial charge is 0.238 e. The molecule has 10 aromatic heterocycles. The SMILES string of the molecule is c1ccc(-c2nc(-c3c(-n4c5ccccc5c5ccncc54)c(-n4c5ccccc5c5ccncc54)cc(-n4c5ccccc5c5ccncc54)c3-n3c4ccccc4c4ccncc43)nc(-n3c4ccccc4c4ccccc43)n2)cc1. The second-order valence-electron chi connectivity index (χ2n) is 21.0. The fourth-order valence-corrected chi connectivity index (χ4v) is 13.3. The summed E-state index contributed by atoms with van der Waals surface area (Å²) >= 11 is 0. The molecule has 0 saturated carbocycles. The van der Waals surface area contributed by atoms with Crippen molar-refractivity contribution in [2.24, 2.45) is 0 Å². The van der Waals surface area contributed by atoms with Crippen molar-refractivity contribution in [1.29, 1.82) is 0 Å². The van der Waals surface area contributed by atoms with Gasteiger partial charge in [-0.3, -0.25) is 24.5 Å². The topological polar surface area (TPSA) is 115 Å². The molecule has 12 heteroatoms. The minimum absolute atomic E-state index is 0.436. The number of hydrogen-bond acceptors (Lipinski definition) is 7. The predicted molar refractivity (Wildman–Crippen MR) is 334 cm³/mol. The van der Waals surface area contributed by atoms with Crippen molar-refractivity contribution in [3.05, 3.63) is 256 Å². The molecule has 18 aromatic rings. The van der Waals surface area contributed by atoms with Gasteiger partial charge < -0.3 is 18.3 Å². The molecular weight excluding hydrogens is 1020 g/mol. The molecule has 0 aliphatic rings. The van der Waals surface area contributed by atoms with E-state index in [4.69, 9.17) is 34.9 Å². The Bertz CT molecular complexity index is 5210. The summed E-state index contributed by atoms with van der Waals surface area (Å²) in [5.74, 6) is 1.41. The molecule has 12 nitrogen and oxygen atoms in total. The van der Waals surface area contributed by atoms with Gasteiger partial charge in [0.25, 0.3) is 0 Å². The molecule has 0 atom stereocenters. The van der Waals surface area contributed by atoms with E-state index in [0.717, 1.165) is 143 Å². The van der Waals surface area contributed by atoms with Gasteiger partial charge in [0.2, 0.25) is 5.95 Å². The van der Waals surface area contributed by atoms with Gasteiger partial charge in [0.15, 0.2) is 11.6 Å². The third-order valence-corrected chi connectivity index (χ3v) is 16.7. The van der Waals surface area contributed by atoms with E-state index in [9.17, 15) is 0 Å². The molecule has 0 N–H and O–H groups in total. The first-order chi connectivity index (χ1) is 41.2. The van der Waals surface area contributed by atoms with Crippen LogP contribution in [0.25, 0.3) is 161 Å². The van der Waals surface area contributed by atoms with E-state index >= 15 is 0 Å². The zero-order chi connectivity index (χ0) is 54.3. The number of pyridine rings is 4. The average molecular weight is 1060 g/mol. The van der Waals surface area contributed by atoms with Crippen molar-refractivity contribution in [3.63, 3.8) is 0 Å². The standard InChI is InChI=1S/C71H42N12/c1-2-16-43(17-3-1)69-76-70(78-71(77-69)83-58-28-14-8-18-44(58)45-19-9-15-29-59(45)83)66-67(81-56-26-12-6-22-48(56)52-32-36-74-41-64(52)81)60(79-54-24-10-4-20-46(54)50-30-34-72-39-62(50)79)38-61(80-55-25-11-5-21-47(55)51-31-35-73-40-63(51)80)68(66)82-57-27-13-7-23-49(57)53-33-37-75-42-65(53)82/h1-42H. The van der Waals surface area contributed by atoms with Gasteiger partial charge in [-0.15, -0.1) is 0 Å². The van der Waals surface area contributed by atoms with Crippen LogP contribution < -0.4 is 0 Å². The zero-order valence-corrected chi connectivity index (χ0v) is 44.1. The third-order valence-electron chi connectivity index (χ3n) is 16.7. The van der Waals surface area contributed by atoms with Crippen molar-refractivity contribution < 1.29 is 0 Å². The Morgan fingerprint density at radius 3 is 0.928 bits per heavy atom. The van der Waals surface area contributed by atoms with Crippen LogP contribution >= 0.6 is 0 Å². The van der Waals surface area contributed by atoms with Crippen molar-refractivity contribution >= 4 is 109 Å². The molecule has 0 unspecified atom stereocenters. The van der Waals surface area contributed by atoms with Gasteiger partial charge in [-0.25, -0.2) is 4.98 Å². The fraction of sp³-hybridized carbons (Fsp3) is 0. The lowest BCUT2D eigenvalue weighted by Crippen LogP contribution is -2.15. The molecule has 0 radical (unpaired) electrons. The molecule has 386 valence electrons. The number of para-hydroxylation sites is 6. The average Bonchev–Trinajstić information content (AvgIpc) is 2.88. The van der Waals surface area contributed by atoms with Crippen molar-refractivity contribution in [2.75, 3.05) is 0 Å². The van der Waals surface area contributed by atoms with Gasteiger partial charge in [0.1, 0.15) is 0 Å². The number of fused-ring (bicyclic) bond motifs is 15. The van der Waals surface area contributed by atoms with Gasteiger partial charge in [0, 0.05) is 84.2 Å². The molecule has 0 fully saturated rings.